The van der Waals surface area contributed by atoms with Gasteiger partial charge < -0.3 is 24.3 Å². The van der Waals surface area contributed by atoms with E-state index in [1.54, 1.807) is 42.5 Å². The van der Waals surface area contributed by atoms with E-state index in [0.29, 0.717) is 42.8 Å². The summed E-state index contributed by atoms with van der Waals surface area (Å²) < 4.78 is 21.6. The highest BCUT2D eigenvalue weighted by atomic mass is 16.5. The molecule has 2 aromatic rings. The third-order valence-electron chi connectivity index (χ3n) is 3.77. The van der Waals surface area contributed by atoms with E-state index in [4.69, 9.17) is 18.9 Å². The summed E-state index contributed by atoms with van der Waals surface area (Å²) in [6.07, 6.45) is 0.801. The van der Waals surface area contributed by atoms with E-state index < -0.39 is 18.5 Å². The molecule has 0 spiro atoms. The van der Waals surface area contributed by atoms with Crippen molar-refractivity contribution in [2.45, 2.75) is 13.3 Å². The lowest BCUT2D eigenvalue weighted by molar-refractivity contribution is -0.119. The molecule has 0 fully saturated rings. The smallest absolute Gasteiger partial charge is 0.342 e. The summed E-state index contributed by atoms with van der Waals surface area (Å²) in [5.74, 6) is 0.574. The fraction of sp³-hybridized carbons (Fsp3) is 0.300. The van der Waals surface area contributed by atoms with Crippen molar-refractivity contribution in [1.29, 1.82) is 0 Å². The number of amides is 1. The van der Waals surface area contributed by atoms with Gasteiger partial charge in [0.25, 0.3) is 5.91 Å². The standard InChI is InChI=1S/C20H21NO6/c1-2-24-16-7-4-3-6-15(16)20(23)27-13-19(22)21-14-8-9-17-18(12-14)26-11-5-10-25-17/h3-4,6-9,12H,2,5,10-11,13H2,1H3,(H,21,22). The second-order valence-electron chi connectivity index (χ2n) is 5.77. The van der Waals surface area contributed by atoms with E-state index in [0.717, 1.165) is 6.42 Å². The van der Waals surface area contributed by atoms with Crippen molar-refractivity contribution in [1.82, 2.24) is 0 Å². The molecule has 7 heteroatoms. The molecule has 7 nitrogen and oxygen atoms in total. The zero-order chi connectivity index (χ0) is 19.1. The topological polar surface area (TPSA) is 83.1 Å². The monoisotopic (exact) mass is 371 g/mol. The van der Waals surface area contributed by atoms with Gasteiger partial charge in [-0.15, -0.1) is 0 Å². The van der Waals surface area contributed by atoms with E-state index in [-0.39, 0.29) is 5.56 Å². The molecule has 27 heavy (non-hydrogen) atoms. The largest absolute Gasteiger partial charge is 0.493 e. The van der Waals surface area contributed by atoms with Gasteiger partial charge in [0.1, 0.15) is 11.3 Å². The van der Waals surface area contributed by atoms with Crippen molar-refractivity contribution in [3.8, 4) is 17.2 Å². The lowest BCUT2D eigenvalue weighted by Crippen LogP contribution is -2.21. The summed E-state index contributed by atoms with van der Waals surface area (Å²) >= 11 is 0. The van der Waals surface area contributed by atoms with Gasteiger partial charge >= 0.3 is 5.97 Å². The van der Waals surface area contributed by atoms with Crippen LogP contribution in [0.1, 0.15) is 23.7 Å². The zero-order valence-corrected chi connectivity index (χ0v) is 15.0. The molecule has 0 atom stereocenters. The molecule has 1 heterocycles. The Morgan fingerprint density at radius 2 is 1.85 bits per heavy atom. The number of carbonyl (C=O) groups is 2. The van der Waals surface area contributed by atoms with Gasteiger partial charge in [0.05, 0.1) is 19.8 Å². The Morgan fingerprint density at radius 1 is 1.07 bits per heavy atom. The van der Waals surface area contributed by atoms with Crippen molar-refractivity contribution < 1.29 is 28.5 Å². The second-order valence-corrected chi connectivity index (χ2v) is 5.77. The van der Waals surface area contributed by atoms with Gasteiger partial charge in [-0.05, 0) is 31.2 Å². The molecule has 0 aromatic heterocycles. The fourth-order valence-electron chi connectivity index (χ4n) is 2.56. The van der Waals surface area contributed by atoms with Crippen molar-refractivity contribution in [3.05, 3.63) is 48.0 Å². The van der Waals surface area contributed by atoms with E-state index in [1.807, 2.05) is 6.92 Å². The van der Waals surface area contributed by atoms with Crippen LogP contribution in [0.5, 0.6) is 17.2 Å². The van der Waals surface area contributed by atoms with E-state index >= 15 is 0 Å². The highest BCUT2D eigenvalue weighted by Crippen LogP contribution is 2.32. The Morgan fingerprint density at radius 3 is 2.67 bits per heavy atom. The molecule has 1 N–H and O–H groups in total. The summed E-state index contributed by atoms with van der Waals surface area (Å²) in [6.45, 7) is 2.99. The number of fused-ring (bicyclic) bond motifs is 1. The SMILES string of the molecule is CCOc1ccccc1C(=O)OCC(=O)Nc1ccc2c(c1)OCCCO2. The molecule has 1 aliphatic heterocycles. The maximum absolute atomic E-state index is 12.2. The van der Waals surface area contributed by atoms with Gasteiger partial charge in [-0.2, -0.15) is 0 Å². The van der Waals surface area contributed by atoms with Crippen LogP contribution in [-0.2, 0) is 9.53 Å². The van der Waals surface area contributed by atoms with Crippen LogP contribution >= 0.6 is 0 Å². The Balaban J connectivity index is 1.57. The Bertz CT molecular complexity index is 820. The van der Waals surface area contributed by atoms with Gasteiger partial charge in [-0.3, -0.25) is 4.79 Å². The molecule has 0 saturated carbocycles. The minimum atomic E-state index is -0.618. The average molecular weight is 371 g/mol. The number of rotatable bonds is 6. The van der Waals surface area contributed by atoms with Crippen molar-refractivity contribution in [2.75, 3.05) is 31.7 Å². The number of benzene rings is 2. The highest BCUT2D eigenvalue weighted by molar-refractivity contribution is 5.96. The summed E-state index contributed by atoms with van der Waals surface area (Å²) in [7, 11) is 0. The molecule has 0 bridgehead atoms. The van der Waals surface area contributed by atoms with E-state index in [1.165, 1.54) is 0 Å². The molecule has 142 valence electrons. The summed E-state index contributed by atoms with van der Waals surface area (Å²) in [5, 5.41) is 2.68. The first kappa shape index (κ1) is 18.6. The molecule has 0 unspecified atom stereocenters. The molecular weight excluding hydrogens is 350 g/mol. The third-order valence-corrected chi connectivity index (χ3v) is 3.77. The quantitative estimate of drug-likeness (QED) is 0.786. The maximum Gasteiger partial charge on any atom is 0.342 e. The number of para-hydroxylation sites is 1. The number of carbonyl (C=O) groups excluding carboxylic acids is 2. The zero-order valence-electron chi connectivity index (χ0n) is 15.0. The van der Waals surface area contributed by atoms with Crippen LogP contribution in [0.3, 0.4) is 0 Å². The number of hydrogen-bond acceptors (Lipinski definition) is 6. The molecule has 0 saturated heterocycles. The number of anilines is 1. The van der Waals surface area contributed by atoms with Crippen LogP contribution in [0, 0.1) is 0 Å². The Hall–Kier alpha value is -3.22. The van der Waals surface area contributed by atoms with Crippen LogP contribution in [0.25, 0.3) is 0 Å². The first-order valence-corrected chi connectivity index (χ1v) is 8.76. The predicted octanol–water partition coefficient (Wildman–Crippen LogP) is 3.04. The normalized spacial score (nSPS) is 12.6. The minimum absolute atomic E-state index is 0.280. The second kappa shape index (κ2) is 8.93. The van der Waals surface area contributed by atoms with Gasteiger partial charge in [0.2, 0.25) is 0 Å². The highest BCUT2D eigenvalue weighted by Gasteiger charge is 2.16. The maximum atomic E-state index is 12.2. The van der Waals surface area contributed by atoms with Crippen LogP contribution in [0.2, 0.25) is 0 Å². The summed E-state index contributed by atoms with van der Waals surface area (Å²) in [5.41, 5.74) is 0.817. The van der Waals surface area contributed by atoms with E-state index in [2.05, 4.69) is 5.32 Å². The minimum Gasteiger partial charge on any atom is -0.493 e. The van der Waals surface area contributed by atoms with Gasteiger partial charge in [-0.25, -0.2) is 4.79 Å². The van der Waals surface area contributed by atoms with Gasteiger partial charge in [0.15, 0.2) is 18.1 Å². The third kappa shape index (κ3) is 4.91. The van der Waals surface area contributed by atoms with Crippen molar-refractivity contribution >= 4 is 17.6 Å². The lowest BCUT2D eigenvalue weighted by Gasteiger charge is -2.11. The average Bonchev–Trinajstić information content (AvgIpc) is 2.92. The van der Waals surface area contributed by atoms with Crippen LogP contribution in [0.4, 0.5) is 5.69 Å². The number of esters is 1. The van der Waals surface area contributed by atoms with Crippen molar-refractivity contribution in [2.24, 2.45) is 0 Å². The Labute approximate surface area is 157 Å². The molecule has 2 aromatic carbocycles. The molecule has 3 rings (SSSR count). The molecular formula is C20H21NO6. The van der Waals surface area contributed by atoms with Crippen LogP contribution in [-0.4, -0.2) is 38.3 Å². The molecule has 1 aliphatic rings. The first-order chi connectivity index (χ1) is 13.2. The number of ether oxygens (including phenoxy) is 4. The van der Waals surface area contributed by atoms with Gasteiger partial charge in [0, 0.05) is 18.2 Å². The van der Waals surface area contributed by atoms with Crippen molar-refractivity contribution in [3.63, 3.8) is 0 Å². The number of nitrogens with one attached hydrogen (secondary N) is 1. The predicted molar refractivity (Wildman–Crippen MR) is 98.6 cm³/mol. The molecule has 0 aliphatic carbocycles. The number of hydrogen-bond donors (Lipinski definition) is 1. The summed E-state index contributed by atoms with van der Waals surface area (Å²) in [4.78, 5) is 24.3. The first-order valence-electron chi connectivity index (χ1n) is 8.76. The Kier molecular flexibility index (Phi) is 6.14. The van der Waals surface area contributed by atoms with E-state index in [9.17, 15) is 9.59 Å². The van der Waals surface area contributed by atoms with Gasteiger partial charge in [-0.1, -0.05) is 12.1 Å². The molecule has 1 amide bonds. The van der Waals surface area contributed by atoms with Crippen LogP contribution < -0.4 is 19.5 Å². The summed E-state index contributed by atoms with van der Waals surface area (Å²) in [6, 6.07) is 11.9. The fourth-order valence-corrected chi connectivity index (χ4v) is 2.56. The molecule has 0 radical (unpaired) electrons. The lowest BCUT2D eigenvalue weighted by atomic mass is 10.2. The van der Waals surface area contributed by atoms with Crippen LogP contribution in [0.15, 0.2) is 42.5 Å².